The van der Waals surface area contributed by atoms with Crippen LogP contribution in [-0.4, -0.2) is 30.1 Å². The fraction of sp³-hybridized carbons (Fsp3) is 0.500. The van der Waals surface area contributed by atoms with Gasteiger partial charge in [0.15, 0.2) is 0 Å². The minimum Gasteiger partial charge on any atom is -0.496 e. The molecule has 5 nitrogen and oxygen atoms in total. The lowest BCUT2D eigenvalue weighted by Gasteiger charge is -2.21. The van der Waals surface area contributed by atoms with Crippen LogP contribution in [0.2, 0.25) is 0 Å². The third kappa shape index (κ3) is 3.01. The highest BCUT2D eigenvalue weighted by Crippen LogP contribution is 2.51. The van der Waals surface area contributed by atoms with Crippen LogP contribution in [0.1, 0.15) is 38.2 Å². The number of aliphatic carboxylic acids is 1. The second-order valence-corrected chi connectivity index (χ2v) is 5.44. The van der Waals surface area contributed by atoms with Crippen molar-refractivity contribution in [3.8, 4) is 5.75 Å². The second-order valence-electron chi connectivity index (χ2n) is 5.44. The molecule has 1 atom stereocenters. The molecule has 5 heteroatoms. The van der Waals surface area contributed by atoms with Gasteiger partial charge >= 0.3 is 5.97 Å². The first-order chi connectivity index (χ1) is 10.0. The van der Waals surface area contributed by atoms with Gasteiger partial charge in [0, 0.05) is 5.56 Å². The van der Waals surface area contributed by atoms with Gasteiger partial charge in [0.25, 0.3) is 0 Å². The standard InChI is InChI=1S/C16H21NO4/c1-3-6-12(14(18)19)17-15(20)16(9-10-16)11-7-4-5-8-13(11)21-2/h4-5,7-8,12H,3,6,9-10H2,1-2H3,(H,17,20)(H,18,19). The van der Waals surface area contributed by atoms with E-state index < -0.39 is 17.4 Å². The van der Waals surface area contributed by atoms with E-state index >= 15 is 0 Å². The molecule has 0 saturated heterocycles. The molecule has 0 radical (unpaired) electrons. The predicted molar refractivity (Wildman–Crippen MR) is 78.4 cm³/mol. The average Bonchev–Trinajstić information content (AvgIpc) is 3.28. The van der Waals surface area contributed by atoms with Crippen molar-refractivity contribution in [1.29, 1.82) is 0 Å². The van der Waals surface area contributed by atoms with Gasteiger partial charge in [0.2, 0.25) is 5.91 Å². The molecule has 1 aliphatic rings. The summed E-state index contributed by atoms with van der Waals surface area (Å²) in [5.41, 5.74) is 0.208. The van der Waals surface area contributed by atoms with Crippen molar-refractivity contribution < 1.29 is 19.4 Å². The number of hydrogen-bond acceptors (Lipinski definition) is 3. The number of carbonyl (C=O) groups excluding carboxylic acids is 1. The van der Waals surface area contributed by atoms with Gasteiger partial charge in [-0.2, -0.15) is 0 Å². The maximum absolute atomic E-state index is 12.6. The first kappa shape index (κ1) is 15.4. The second kappa shape index (κ2) is 6.16. The molecule has 1 amide bonds. The Morgan fingerprint density at radius 1 is 1.38 bits per heavy atom. The number of ether oxygens (including phenoxy) is 1. The number of amides is 1. The molecule has 0 bridgehead atoms. The molecule has 114 valence electrons. The van der Waals surface area contributed by atoms with Gasteiger partial charge in [-0.1, -0.05) is 31.5 Å². The van der Waals surface area contributed by atoms with Crippen molar-refractivity contribution in [3.05, 3.63) is 29.8 Å². The topological polar surface area (TPSA) is 75.6 Å². The lowest BCUT2D eigenvalue weighted by molar-refractivity contribution is -0.142. The molecule has 0 aliphatic heterocycles. The van der Waals surface area contributed by atoms with E-state index in [2.05, 4.69) is 5.32 Å². The minimum atomic E-state index is -0.985. The van der Waals surface area contributed by atoms with Crippen LogP contribution in [0.25, 0.3) is 0 Å². The molecule has 1 aromatic rings. The fourth-order valence-electron chi connectivity index (χ4n) is 2.63. The molecule has 0 spiro atoms. The van der Waals surface area contributed by atoms with E-state index in [1.807, 2.05) is 31.2 Å². The van der Waals surface area contributed by atoms with E-state index in [1.165, 1.54) is 0 Å². The van der Waals surface area contributed by atoms with Crippen LogP contribution >= 0.6 is 0 Å². The van der Waals surface area contributed by atoms with Gasteiger partial charge in [-0.05, 0) is 25.3 Å². The lowest BCUT2D eigenvalue weighted by Crippen LogP contribution is -2.45. The normalized spacial score (nSPS) is 16.9. The summed E-state index contributed by atoms with van der Waals surface area (Å²) < 4.78 is 5.33. The predicted octanol–water partition coefficient (Wildman–Crippen LogP) is 2.10. The van der Waals surface area contributed by atoms with Gasteiger partial charge in [0.05, 0.1) is 12.5 Å². The zero-order valence-corrected chi connectivity index (χ0v) is 12.4. The van der Waals surface area contributed by atoms with Crippen LogP contribution < -0.4 is 10.1 Å². The molecule has 1 aliphatic carbocycles. The number of nitrogens with one attached hydrogen (secondary N) is 1. The number of methoxy groups -OCH3 is 1. The molecule has 1 fully saturated rings. The van der Waals surface area contributed by atoms with Crippen molar-refractivity contribution in [1.82, 2.24) is 5.32 Å². The Balaban J connectivity index is 2.20. The highest BCUT2D eigenvalue weighted by atomic mass is 16.5. The highest BCUT2D eigenvalue weighted by Gasteiger charge is 2.53. The SMILES string of the molecule is CCCC(NC(=O)C1(c2ccccc2OC)CC1)C(=O)O. The lowest BCUT2D eigenvalue weighted by atomic mass is 9.93. The van der Waals surface area contributed by atoms with Gasteiger partial charge in [-0.15, -0.1) is 0 Å². The quantitative estimate of drug-likeness (QED) is 0.806. The Morgan fingerprint density at radius 3 is 2.57 bits per heavy atom. The smallest absolute Gasteiger partial charge is 0.326 e. The number of rotatable bonds is 7. The number of carbonyl (C=O) groups is 2. The van der Waals surface area contributed by atoms with Crippen molar-refractivity contribution in [2.45, 2.75) is 44.1 Å². The Labute approximate surface area is 124 Å². The maximum atomic E-state index is 12.6. The monoisotopic (exact) mass is 291 g/mol. The van der Waals surface area contributed by atoms with Gasteiger partial charge in [-0.3, -0.25) is 4.79 Å². The fourth-order valence-corrected chi connectivity index (χ4v) is 2.63. The number of carboxylic acids is 1. The number of benzene rings is 1. The molecule has 0 heterocycles. The van der Waals surface area contributed by atoms with Gasteiger partial charge in [-0.25, -0.2) is 4.79 Å². The Hall–Kier alpha value is -2.04. The Kier molecular flexibility index (Phi) is 4.50. The molecular formula is C16H21NO4. The highest BCUT2D eigenvalue weighted by molar-refractivity contribution is 5.94. The van der Waals surface area contributed by atoms with Crippen molar-refractivity contribution in [2.75, 3.05) is 7.11 Å². The van der Waals surface area contributed by atoms with E-state index in [0.29, 0.717) is 18.6 Å². The average molecular weight is 291 g/mol. The van der Waals surface area contributed by atoms with E-state index in [-0.39, 0.29) is 5.91 Å². The maximum Gasteiger partial charge on any atom is 0.326 e. The summed E-state index contributed by atoms with van der Waals surface area (Å²) in [6.07, 6.45) is 2.58. The van der Waals surface area contributed by atoms with Crippen LogP contribution in [0.15, 0.2) is 24.3 Å². The molecule has 1 unspecified atom stereocenters. The van der Waals surface area contributed by atoms with Gasteiger partial charge < -0.3 is 15.2 Å². The summed E-state index contributed by atoms with van der Waals surface area (Å²) in [4.78, 5) is 23.7. The molecule has 0 aromatic heterocycles. The summed E-state index contributed by atoms with van der Waals surface area (Å²) in [6.45, 7) is 1.90. The van der Waals surface area contributed by atoms with Crippen LogP contribution in [0.5, 0.6) is 5.75 Å². The minimum absolute atomic E-state index is 0.215. The van der Waals surface area contributed by atoms with Crippen LogP contribution in [0.4, 0.5) is 0 Å². The van der Waals surface area contributed by atoms with Crippen molar-refractivity contribution in [3.63, 3.8) is 0 Å². The van der Waals surface area contributed by atoms with Crippen molar-refractivity contribution >= 4 is 11.9 Å². The zero-order valence-electron chi connectivity index (χ0n) is 12.4. The summed E-state index contributed by atoms with van der Waals surface area (Å²) in [7, 11) is 1.57. The molecule has 21 heavy (non-hydrogen) atoms. The first-order valence-electron chi connectivity index (χ1n) is 7.22. The van der Waals surface area contributed by atoms with E-state index in [4.69, 9.17) is 4.74 Å². The van der Waals surface area contributed by atoms with Crippen LogP contribution in [-0.2, 0) is 15.0 Å². The van der Waals surface area contributed by atoms with Gasteiger partial charge in [0.1, 0.15) is 11.8 Å². The molecule has 2 rings (SSSR count). The number of para-hydroxylation sites is 1. The number of carboxylic acid groups (broad SMARTS) is 1. The summed E-state index contributed by atoms with van der Waals surface area (Å²) in [5.74, 6) is -0.526. The first-order valence-corrected chi connectivity index (χ1v) is 7.22. The summed E-state index contributed by atoms with van der Waals surface area (Å²) in [5, 5.41) is 11.8. The van der Waals surface area contributed by atoms with E-state index in [9.17, 15) is 14.7 Å². The largest absolute Gasteiger partial charge is 0.496 e. The van der Waals surface area contributed by atoms with Crippen molar-refractivity contribution in [2.24, 2.45) is 0 Å². The third-order valence-corrected chi connectivity index (χ3v) is 3.99. The van der Waals surface area contributed by atoms with E-state index in [1.54, 1.807) is 7.11 Å². The van der Waals surface area contributed by atoms with Crippen LogP contribution in [0, 0.1) is 0 Å². The molecule has 2 N–H and O–H groups in total. The zero-order chi connectivity index (χ0) is 15.5. The molecule has 1 saturated carbocycles. The summed E-state index contributed by atoms with van der Waals surface area (Å²) >= 11 is 0. The van der Waals surface area contributed by atoms with E-state index in [0.717, 1.165) is 18.4 Å². The summed E-state index contributed by atoms with van der Waals surface area (Å²) in [6, 6.07) is 6.60. The van der Waals surface area contributed by atoms with Crippen LogP contribution in [0.3, 0.4) is 0 Å². The Morgan fingerprint density at radius 2 is 2.05 bits per heavy atom. The molecule has 1 aromatic carbocycles. The molecular weight excluding hydrogens is 270 g/mol. The third-order valence-electron chi connectivity index (χ3n) is 3.99. The number of hydrogen-bond donors (Lipinski definition) is 2. The Bertz CT molecular complexity index is 537.